The number of carboxylic acids is 3. The number of hydrogen-bond donors (Lipinski definition) is 15. The summed E-state index contributed by atoms with van der Waals surface area (Å²) < 4.78 is 0. The van der Waals surface area contributed by atoms with Crippen LogP contribution in [-0.4, -0.2) is 174 Å². The second-order valence-corrected chi connectivity index (χ2v) is 24.1. The normalized spacial score (nSPS) is 16.4. The lowest BCUT2D eigenvalue weighted by molar-refractivity contribution is -0.144. The maximum atomic E-state index is 15.1. The van der Waals surface area contributed by atoms with Gasteiger partial charge in [0.2, 0.25) is 53.2 Å². The minimum Gasteiger partial charge on any atom is -0.481 e. The van der Waals surface area contributed by atoms with E-state index in [9.17, 15) is 68.1 Å². The quantitative estimate of drug-likeness (QED) is 0.0304. The van der Waals surface area contributed by atoms with Crippen LogP contribution in [0.5, 0.6) is 0 Å². The van der Waals surface area contributed by atoms with Crippen molar-refractivity contribution in [3.05, 3.63) is 72.1 Å². The van der Waals surface area contributed by atoms with Crippen molar-refractivity contribution in [2.24, 2.45) is 29.2 Å². The summed E-state index contributed by atoms with van der Waals surface area (Å²) in [5.41, 5.74) is 12.8. The summed E-state index contributed by atoms with van der Waals surface area (Å²) in [6, 6.07) is 1.79. The number of benzene rings is 2. The maximum absolute atomic E-state index is 15.1. The highest BCUT2D eigenvalue weighted by atomic mass is 16.4. The van der Waals surface area contributed by atoms with E-state index >= 15 is 4.79 Å². The first-order chi connectivity index (χ1) is 41.9. The van der Waals surface area contributed by atoms with Gasteiger partial charge in [0.15, 0.2) is 0 Å². The topological polar surface area (TPSA) is 449 Å². The molecule has 89 heavy (non-hydrogen) atoms. The Morgan fingerprint density at radius 3 is 1.64 bits per heavy atom. The van der Waals surface area contributed by atoms with Gasteiger partial charge in [0, 0.05) is 66.6 Å². The zero-order valence-electron chi connectivity index (χ0n) is 51.5. The smallest absolute Gasteiger partial charge is 0.326 e. The number of fused-ring (bicyclic) bond motifs is 2. The number of para-hydroxylation sites is 2. The van der Waals surface area contributed by atoms with Crippen molar-refractivity contribution in [1.29, 1.82) is 0 Å². The van der Waals surface area contributed by atoms with Crippen LogP contribution in [0.1, 0.15) is 118 Å². The van der Waals surface area contributed by atoms with E-state index in [4.69, 9.17) is 11.5 Å². The Bertz CT molecular complexity index is 3210. The molecule has 5 rings (SSSR count). The third-order valence-corrected chi connectivity index (χ3v) is 15.6. The molecule has 0 unspecified atom stereocenters. The van der Waals surface area contributed by atoms with Gasteiger partial charge in [-0.05, 0) is 87.0 Å². The molecule has 28 heteroatoms. The Hall–Kier alpha value is -8.92. The van der Waals surface area contributed by atoms with Gasteiger partial charge in [-0.3, -0.25) is 52.7 Å². The van der Waals surface area contributed by atoms with Crippen molar-refractivity contribution in [3.63, 3.8) is 0 Å². The molecule has 0 aliphatic carbocycles. The first-order valence-corrected chi connectivity index (χ1v) is 29.9. The molecule has 28 nitrogen and oxygen atoms in total. The van der Waals surface area contributed by atoms with Gasteiger partial charge >= 0.3 is 17.9 Å². The van der Waals surface area contributed by atoms with E-state index in [0.29, 0.717) is 28.5 Å². The van der Waals surface area contributed by atoms with Crippen LogP contribution >= 0.6 is 0 Å². The molecule has 0 spiro atoms. The van der Waals surface area contributed by atoms with Gasteiger partial charge < -0.3 is 84.2 Å². The number of carboxylic acid groups (broad SMARTS) is 3. The number of carbonyl (C=O) groups is 12. The molecule has 9 amide bonds. The maximum Gasteiger partial charge on any atom is 0.326 e. The van der Waals surface area contributed by atoms with Crippen molar-refractivity contribution >= 4 is 92.9 Å². The molecular formula is C61H87N13O15. The predicted molar refractivity (Wildman–Crippen MR) is 327 cm³/mol. The number of H-pyrrole nitrogens is 2. The summed E-state index contributed by atoms with van der Waals surface area (Å²) in [6.45, 7) is 12.7. The molecule has 1 saturated heterocycles. The first-order valence-electron chi connectivity index (χ1n) is 29.9. The summed E-state index contributed by atoms with van der Waals surface area (Å²) in [5.74, 6) is -12.6. The Morgan fingerprint density at radius 1 is 0.618 bits per heavy atom. The summed E-state index contributed by atoms with van der Waals surface area (Å²) in [6.07, 6.45) is 2.05. The van der Waals surface area contributed by atoms with Crippen molar-refractivity contribution in [1.82, 2.24) is 57.4 Å². The molecule has 1 fully saturated rings. The number of amides is 9. The molecule has 1 aliphatic heterocycles. The standard InChI is InChI=1S/C61H87N13O15/c1-9-33(6)50(59(87)88)72-55(83)43(24-32(4)5)71-60(89)61(7,8)73-56(84)46(28-62)70-53(81)42(23-31(2)3)68-52(80)41(20-21-48(75)76)66-57(85)47-19-14-22-74(47)58(86)45(26-35-30-65-40-18-13-11-16-37(35)40)69-54(82)44(67-51(79)38(63)27-49(77)78)25-34-29-64-39-17-12-10-15-36(34)39/h10-13,15-18,29-33,38,41-47,50,64-65H,9,14,19-28,62-63H2,1-8H3,(H,66,85)(H,67,79)(H,68,80)(H,69,82)(H,70,81)(H,71,89)(H,72,83)(H,73,84)(H,75,76)(H,77,78)(H,87,88)/t33-,38-,41-,42-,43-,44-,45-,46-,47-,50-/m0/s1. The number of hydrogen-bond acceptors (Lipinski definition) is 14. The Labute approximate surface area is 515 Å². The molecule has 1 aliphatic rings. The molecule has 4 aromatic rings. The highest BCUT2D eigenvalue weighted by Crippen LogP contribution is 2.25. The van der Waals surface area contributed by atoms with Crippen LogP contribution in [0.15, 0.2) is 60.9 Å². The fourth-order valence-corrected chi connectivity index (χ4v) is 10.5. The summed E-state index contributed by atoms with van der Waals surface area (Å²) in [5, 5.41) is 51.2. The third-order valence-electron chi connectivity index (χ3n) is 15.6. The van der Waals surface area contributed by atoms with Crippen LogP contribution in [0.25, 0.3) is 21.8 Å². The molecular weight excluding hydrogens is 1150 g/mol. The highest BCUT2D eigenvalue weighted by molar-refractivity contribution is 6.00. The minimum atomic E-state index is -1.75. The Balaban J connectivity index is 1.35. The van der Waals surface area contributed by atoms with Crippen LogP contribution in [0.3, 0.4) is 0 Å². The number of aliphatic carboxylic acids is 3. The van der Waals surface area contributed by atoms with Crippen molar-refractivity contribution in [2.75, 3.05) is 13.1 Å². The first kappa shape index (κ1) is 70.8. The van der Waals surface area contributed by atoms with Gasteiger partial charge in [-0.2, -0.15) is 0 Å². The number of aromatic nitrogens is 2. The fraction of sp³-hybridized carbons (Fsp3) is 0.541. The number of aromatic amines is 2. The van der Waals surface area contributed by atoms with Gasteiger partial charge in [0.05, 0.1) is 12.5 Å². The third kappa shape index (κ3) is 20.0. The summed E-state index contributed by atoms with van der Waals surface area (Å²) in [4.78, 5) is 170. The van der Waals surface area contributed by atoms with Crippen molar-refractivity contribution in [3.8, 4) is 0 Å². The lowest BCUT2D eigenvalue weighted by Crippen LogP contribution is -2.64. The van der Waals surface area contributed by atoms with Crippen molar-refractivity contribution < 1.29 is 72.9 Å². The molecule has 0 saturated carbocycles. The molecule has 0 bridgehead atoms. The zero-order chi connectivity index (χ0) is 66.0. The number of rotatable bonds is 34. The number of nitrogens with two attached hydrogens (primary N) is 2. The second kappa shape index (κ2) is 32.3. The molecule has 2 aromatic heterocycles. The van der Waals surface area contributed by atoms with Gasteiger partial charge in [-0.15, -0.1) is 0 Å². The lowest BCUT2D eigenvalue weighted by Gasteiger charge is -2.32. The van der Waals surface area contributed by atoms with Gasteiger partial charge in [0.1, 0.15) is 53.9 Å². The van der Waals surface area contributed by atoms with Gasteiger partial charge in [-0.25, -0.2) is 4.79 Å². The average Bonchev–Trinajstić information content (AvgIpc) is 2.57. The predicted octanol–water partition coefficient (Wildman–Crippen LogP) is 0.562. The molecule has 2 aromatic carbocycles. The highest BCUT2D eigenvalue weighted by Gasteiger charge is 2.42. The SMILES string of the molecule is CC[C@H](C)[C@H](NC(=O)[C@H](CC(C)C)NC(=O)C(C)(C)NC(=O)[C@H](CN)NC(=O)[C@H](CC(C)C)NC(=O)[C@H](CCC(=O)O)NC(=O)[C@@H]1CCCN1C(=O)[C@H](Cc1c[nH]c2ccccc12)NC(=O)[C@H](Cc1c[nH]c2ccccc12)NC(=O)[C@@H](N)CC(=O)O)C(=O)O. The van der Waals surface area contributed by atoms with Crippen LogP contribution in [0.4, 0.5) is 0 Å². The summed E-state index contributed by atoms with van der Waals surface area (Å²) in [7, 11) is 0. The van der Waals surface area contributed by atoms with Crippen LogP contribution in [-0.2, 0) is 70.4 Å². The fourth-order valence-electron chi connectivity index (χ4n) is 10.5. The summed E-state index contributed by atoms with van der Waals surface area (Å²) >= 11 is 0. The average molecular weight is 1240 g/mol. The van der Waals surface area contributed by atoms with Gasteiger partial charge in [-0.1, -0.05) is 84.4 Å². The Morgan fingerprint density at radius 2 is 1.11 bits per heavy atom. The van der Waals surface area contributed by atoms with Crippen LogP contribution in [0.2, 0.25) is 0 Å². The Kier molecular flexibility index (Phi) is 25.7. The van der Waals surface area contributed by atoms with Crippen LogP contribution in [0, 0.1) is 17.8 Å². The van der Waals surface area contributed by atoms with E-state index in [0.717, 1.165) is 10.9 Å². The van der Waals surface area contributed by atoms with Gasteiger partial charge in [0.25, 0.3) is 0 Å². The molecule has 17 N–H and O–H groups in total. The molecule has 10 atom stereocenters. The number of nitrogens with one attached hydrogen (secondary N) is 10. The van der Waals surface area contributed by atoms with E-state index < -0.39 is 163 Å². The zero-order valence-corrected chi connectivity index (χ0v) is 51.5. The lowest BCUT2D eigenvalue weighted by atomic mass is 9.96. The number of carbonyl (C=O) groups excluding carboxylic acids is 9. The monoisotopic (exact) mass is 1240 g/mol. The molecule has 0 radical (unpaired) electrons. The van der Waals surface area contributed by atoms with E-state index in [2.05, 4.69) is 52.5 Å². The van der Waals surface area contributed by atoms with Crippen LogP contribution < -0.4 is 54.0 Å². The van der Waals surface area contributed by atoms with Crippen molar-refractivity contribution in [2.45, 2.75) is 180 Å². The van der Waals surface area contributed by atoms with E-state index in [1.807, 2.05) is 18.2 Å². The molecule has 3 heterocycles. The minimum absolute atomic E-state index is 0.000388. The largest absolute Gasteiger partial charge is 0.481 e. The number of nitrogens with zero attached hydrogens (tertiary/aromatic N) is 1. The number of likely N-dealkylation sites (tertiary alicyclic amines) is 1. The van der Waals surface area contributed by atoms with E-state index in [-0.39, 0.29) is 56.9 Å². The molecule has 486 valence electrons. The second-order valence-electron chi connectivity index (χ2n) is 24.1. The van der Waals surface area contributed by atoms with E-state index in [1.54, 1.807) is 84.3 Å². The van der Waals surface area contributed by atoms with E-state index in [1.165, 1.54) is 18.7 Å².